The van der Waals surface area contributed by atoms with E-state index in [0.717, 1.165) is 28.8 Å². The van der Waals surface area contributed by atoms with Crippen molar-refractivity contribution in [2.45, 2.75) is 25.7 Å². The van der Waals surface area contributed by atoms with Crippen LogP contribution in [0.25, 0.3) is 0 Å². The van der Waals surface area contributed by atoms with E-state index in [1.54, 1.807) is 7.05 Å². The third-order valence-corrected chi connectivity index (χ3v) is 5.26. The van der Waals surface area contributed by atoms with E-state index >= 15 is 0 Å². The van der Waals surface area contributed by atoms with Crippen molar-refractivity contribution >= 4 is 17.5 Å². The normalized spacial score (nSPS) is 10.6. The largest absolute Gasteiger partial charge is 0.336 e. The maximum Gasteiger partial charge on any atom is 0.243 e. The minimum Gasteiger partial charge on any atom is -0.336 e. The zero-order valence-corrected chi connectivity index (χ0v) is 17.5. The number of hydrogen-bond acceptors (Lipinski definition) is 2. The van der Waals surface area contributed by atoms with Crippen molar-refractivity contribution in [1.29, 1.82) is 0 Å². The van der Waals surface area contributed by atoms with E-state index in [1.165, 1.54) is 4.90 Å². The van der Waals surface area contributed by atoms with Crippen LogP contribution in [0, 0.1) is 0 Å². The number of para-hydroxylation sites is 1. The number of amides is 2. The first-order valence-corrected chi connectivity index (χ1v) is 10.3. The van der Waals surface area contributed by atoms with Gasteiger partial charge in [0.05, 0.1) is 6.54 Å². The standard InChI is InChI=1S/C26H28N2O2/c1-3-20-12-10-11-17-24(20)27-25(29)19-28(2)26(30)18-23(21-13-6-4-7-14-21)22-15-8-5-9-16-22/h4-17,23H,3,18-19H2,1-2H3,(H,27,29). The molecule has 0 saturated carbocycles. The van der Waals surface area contributed by atoms with E-state index in [1.807, 2.05) is 91.9 Å². The van der Waals surface area contributed by atoms with Gasteiger partial charge in [-0.1, -0.05) is 85.8 Å². The number of rotatable bonds is 8. The van der Waals surface area contributed by atoms with Crippen molar-refractivity contribution in [3.8, 4) is 0 Å². The molecule has 0 spiro atoms. The molecule has 0 aliphatic rings. The molecule has 0 bridgehead atoms. The lowest BCUT2D eigenvalue weighted by atomic mass is 9.88. The zero-order chi connectivity index (χ0) is 21.3. The van der Waals surface area contributed by atoms with Gasteiger partial charge in [0.25, 0.3) is 0 Å². The summed E-state index contributed by atoms with van der Waals surface area (Å²) in [6.07, 6.45) is 1.14. The fourth-order valence-electron chi connectivity index (χ4n) is 3.57. The van der Waals surface area contributed by atoms with E-state index in [0.29, 0.717) is 6.42 Å². The summed E-state index contributed by atoms with van der Waals surface area (Å²) in [5, 5.41) is 2.93. The van der Waals surface area contributed by atoms with Crippen LogP contribution in [-0.4, -0.2) is 30.3 Å². The fourth-order valence-corrected chi connectivity index (χ4v) is 3.57. The Kier molecular flexibility index (Phi) is 7.39. The summed E-state index contributed by atoms with van der Waals surface area (Å²) >= 11 is 0. The molecular formula is C26H28N2O2. The van der Waals surface area contributed by atoms with E-state index < -0.39 is 0 Å². The van der Waals surface area contributed by atoms with Gasteiger partial charge in [0, 0.05) is 25.1 Å². The zero-order valence-electron chi connectivity index (χ0n) is 17.5. The highest BCUT2D eigenvalue weighted by Gasteiger charge is 2.21. The third kappa shape index (κ3) is 5.57. The van der Waals surface area contributed by atoms with Gasteiger partial charge in [-0.3, -0.25) is 9.59 Å². The first kappa shape index (κ1) is 21.3. The summed E-state index contributed by atoms with van der Waals surface area (Å²) in [7, 11) is 1.68. The number of anilines is 1. The number of hydrogen-bond donors (Lipinski definition) is 1. The van der Waals surface area contributed by atoms with Crippen LogP contribution in [0.5, 0.6) is 0 Å². The molecule has 0 aliphatic carbocycles. The van der Waals surface area contributed by atoms with E-state index in [2.05, 4.69) is 5.32 Å². The molecule has 0 atom stereocenters. The molecule has 3 aromatic rings. The summed E-state index contributed by atoms with van der Waals surface area (Å²) in [4.78, 5) is 27.0. The van der Waals surface area contributed by atoms with Crippen LogP contribution < -0.4 is 5.32 Å². The Morgan fingerprint density at radius 2 is 1.37 bits per heavy atom. The fraction of sp³-hybridized carbons (Fsp3) is 0.231. The summed E-state index contributed by atoms with van der Waals surface area (Å²) in [5.74, 6) is -0.305. The van der Waals surface area contributed by atoms with Crippen LogP contribution in [0.3, 0.4) is 0 Å². The average molecular weight is 401 g/mol. The molecule has 0 aromatic heterocycles. The molecule has 4 nitrogen and oxygen atoms in total. The minimum atomic E-state index is -0.192. The van der Waals surface area contributed by atoms with Gasteiger partial charge in [0.1, 0.15) is 0 Å². The highest BCUT2D eigenvalue weighted by molar-refractivity contribution is 5.95. The van der Waals surface area contributed by atoms with Gasteiger partial charge in [-0.15, -0.1) is 0 Å². The quantitative estimate of drug-likeness (QED) is 0.587. The second-order valence-electron chi connectivity index (χ2n) is 7.39. The van der Waals surface area contributed by atoms with Gasteiger partial charge in [0.15, 0.2) is 0 Å². The molecule has 0 heterocycles. The Hall–Kier alpha value is -3.40. The number of aryl methyl sites for hydroxylation is 1. The SMILES string of the molecule is CCc1ccccc1NC(=O)CN(C)C(=O)CC(c1ccccc1)c1ccccc1. The van der Waals surface area contributed by atoms with E-state index in [4.69, 9.17) is 0 Å². The Morgan fingerprint density at radius 3 is 1.93 bits per heavy atom. The Morgan fingerprint density at radius 1 is 0.833 bits per heavy atom. The molecule has 3 aromatic carbocycles. The number of carbonyl (C=O) groups is 2. The lowest BCUT2D eigenvalue weighted by Gasteiger charge is -2.22. The lowest BCUT2D eigenvalue weighted by molar-refractivity contribution is -0.133. The molecule has 4 heteroatoms. The molecule has 2 amide bonds. The molecule has 0 unspecified atom stereocenters. The molecule has 1 N–H and O–H groups in total. The number of likely N-dealkylation sites (N-methyl/N-ethyl adjacent to an activating group) is 1. The van der Waals surface area contributed by atoms with Crippen LogP contribution in [0.2, 0.25) is 0 Å². The summed E-state index contributed by atoms with van der Waals surface area (Å²) in [6, 6.07) is 27.8. The number of nitrogens with one attached hydrogen (secondary N) is 1. The first-order chi connectivity index (χ1) is 14.6. The molecular weight excluding hydrogens is 372 g/mol. The van der Waals surface area contributed by atoms with Gasteiger partial charge in [-0.05, 0) is 29.2 Å². The highest BCUT2D eigenvalue weighted by Crippen LogP contribution is 2.28. The minimum absolute atomic E-state index is 0.0210. The van der Waals surface area contributed by atoms with Gasteiger partial charge >= 0.3 is 0 Å². The highest BCUT2D eigenvalue weighted by atomic mass is 16.2. The summed E-state index contributed by atoms with van der Waals surface area (Å²) in [6.45, 7) is 2.07. The number of nitrogens with zero attached hydrogens (tertiary/aromatic N) is 1. The van der Waals surface area contributed by atoms with E-state index in [9.17, 15) is 9.59 Å². The van der Waals surface area contributed by atoms with Gasteiger partial charge < -0.3 is 10.2 Å². The van der Waals surface area contributed by atoms with Crippen molar-refractivity contribution < 1.29 is 9.59 Å². The third-order valence-electron chi connectivity index (χ3n) is 5.26. The van der Waals surface area contributed by atoms with Crippen molar-refractivity contribution in [2.24, 2.45) is 0 Å². The Balaban J connectivity index is 1.67. The maximum atomic E-state index is 13.0. The molecule has 0 fully saturated rings. The number of benzene rings is 3. The summed E-state index contributed by atoms with van der Waals surface area (Å²) in [5.41, 5.74) is 4.06. The van der Waals surface area contributed by atoms with Gasteiger partial charge in [-0.2, -0.15) is 0 Å². The first-order valence-electron chi connectivity index (χ1n) is 10.3. The topological polar surface area (TPSA) is 49.4 Å². The van der Waals surface area contributed by atoms with Gasteiger partial charge in [0.2, 0.25) is 11.8 Å². The number of carbonyl (C=O) groups excluding carboxylic acids is 2. The van der Waals surface area contributed by atoms with Crippen molar-refractivity contribution in [2.75, 3.05) is 18.9 Å². The predicted molar refractivity (Wildman–Crippen MR) is 121 cm³/mol. The Bertz CT molecular complexity index is 931. The predicted octanol–water partition coefficient (Wildman–Crippen LogP) is 4.87. The molecule has 0 saturated heterocycles. The average Bonchev–Trinajstić information content (AvgIpc) is 2.78. The van der Waals surface area contributed by atoms with E-state index in [-0.39, 0.29) is 24.3 Å². The van der Waals surface area contributed by atoms with Crippen LogP contribution in [0.1, 0.15) is 36.0 Å². The lowest BCUT2D eigenvalue weighted by Crippen LogP contribution is -2.35. The van der Waals surface area contributed by atoms with Crippen molar-refractivity contribution in [3.63, 3.8) is 0 Å². The van der Waals surface area contributed by atoms with Crippen LogP contribution in [0.4, 0.5) is 5.69 Å². The Labute approximate surface area is 178 Å². The van der Waals surface area contributed by atoms with Crippen LogP contribution >= 0.6 is 0 Å². The van der Waals surface area contributed by atoms with Crippen LogP contribution in [0.15, 0.2) is 84.9 Å². The second-order valence-corrected chi connectivity index (χ2v) is 7.39. The molecule has 3 rings (SSSR count). The molecule has 0 radical (unpaired) electrons. The van der Waals surface area contributed by atoms with Crippen LogP contribution in [-0.2, 0) is 16.0 Å². The van der Waals surface area contributed by atoms with Crippen molar-refractivity contribution in [3.05, 3.63) is 102 Å². The smallest absolute Gasteiger partial charge is 0.243 e. The summed E-state index contributed by atoms with van der Waals surface area (Å²) < 4.78 is 0. The van der Waals surface area contributed by atoms with Crippen molar-refractivity contribution in [1.82, 2.24) is 4.90 Å². The molecule has 0 aliphatic heterocycles. The molecule has 30 heavy (non-hydrogen) atoms. The molecule has 154 valence electrons. The second kappa shape index (κ2) is 10.4. The maximum absolute atomic E-state index is 13.0. The monoisotopic (exact) mass is 400 g/mol. The van der Waals surface area contributed by atoms with Gasteiger partial charge in [-0.25, -0.2) is 0 Å².